The molecule has 0 radical (unpaired) electrons. The summed E-state index contributed by atoms with van der Waals surface area (Å²) in [6, 6.07) is 2.16. The maximum Gasteiger partial charge on any atom is 0.256 e. The Morgan fingerprint density at radius 3 is 2.70 bits per heavy atom. The molecule has 2 rings (SSSR count). The van der Waals surface area contributed by atoms with E-state index in [1.54, 1.807) is 11.8 Å². The van der Waals surface area contributed by atoms with E-state index in [2.05, 4.69) is 10.3 Å². The third-order valence-corrected chi connectivity index (χ3v) is 3.39. The summed E-state index contributed by atoms with van der Waals surface area (Å²) >= 11 is 0. The summed E-state index contributed by atoms with van der Waals surface area (Å²) in [4.78, 5) is 29.2. The molecule has 2 amide bonds. The number of nitrogens with zero attached hydrogens (tertiary/aromatic N) is 2. The number of halogens is 1. The zero-order valence-electron chi connectivity index (χ0n) is 11.4. The van der Waals surface area contributed by atoms with Crippen molar-refractivity contribution in [3.8, 4) is 0 Å². The van der Waals surface area contributed by atoms with E-state index in [9.17, 15) is 14.0 Å². The molecule has 108 valence electrons. The van der Waals surface area contributed by atoms with E-state index in [0.29, 0.717) is 0 Å². The monoisotopic (exact) mass is 279 g/mol. The van der Waals surface area contributed by atoms with Crippen LogP contribution in [0.2, 0.25) is 0 Å². The molecular formula is C14H18FN3O2. The van der Waals surface area contributed by atoms with Crippen LogP contribution in [0.4, 0.5) is 4.39 Å². The van der Waals surface area contributed by atoms with Crippen molar-refractivity contribution in [1.29, 1.82) is 0 Å². The van der Waals surface area contributed by atoms with Crippen molar-refractivity contribution in [1.82, 2.24) is 15.2 Å². The Labute approximate surface area is 117 Å². The highest BCUT2D eigenvalue weighted by Crippen LogP contribution is 2.10. The van der Waals surface area contributed by atoms with Gasteiger partial charge >= 0.3 is 0 Å². The largest absolute Gasteiger partial charge is 0.341 e. The van der Waals surface area contributed by atoms with Crippen molar-refractivity contribution in [2.24, 2.45) is 0 Å². The number of hydrogen-bond donors (Lipinski definition) is 1. The number of nitrogens with one attached hydrogen (secondary N) is 1. The van der Waals surface area contributed by atoms with E-state index in [0.717, 1.165) is 32.4 Å². The zero-order chi connectivity index (χ0) is 14.5. The first kappa shape index (κ1) is 14.4. The number of pyridine rings is 1. The van der Waals surface area contributed by atoms with Gasteiger partial charge in [0.25, 0.3) is 5.91 Å². The number of carbonyl (C=O) groups is 2. The standard InChI is InChI=1S/C14H18FN3O2/c1-10(14(20)18-8-3-2-4-9-18)17-13(19)11-6-5-7-16-12(11)15/h5-7,10H,2-4,8-9H2,1H3,(H,17,19). The third kappa shape index (κ3) is 3.31. The molecule has 2 heterocycles. The summed E-state index contributed by atoms with van der Waals surface area (Å²) in [6.07, 6.45) is 4.38. The highest BCUT2D eigenvalue weighted by Gasteiger charge is 2.24. The molecule has 0 spiro atoms. The minimum absolute atomic E-state index is 0.123. The SMILES string of the molecule is CC(NC(=O)c1cccnc1F)C(=O)N1CCCCC1. The number of likely N-dealkylation sites (tertiary alicyclic amines) is 1. The molecule has 1 fully saturated rings. The van der Waals surface area contributed by atoms with Gasteiger partial charge in [-0.1, -0.05) is 0 Å². The second-order valence-electron chi connectivity index (χ2n) is 4.92. The van der Waals surface area contributed by atoms with Gasteiger partial charge in [0.15, 0.2) is 0 Å². The highest BCUT2D eigenvalue weighted by atomic mass is 19.1. The van der Waals surface area contributed by atoms with Gasteiger partial charge in [-0.15, -0.1) is 0 Å². The maximum atomic E-state index is 13.4. The molecule has 0 aromatic carbocycles. The predicted molar refractivity (Wildman–Crippen MR) is 71.6 cm³/mol. The topological polar surface area (TPSA) is 62.3 Å². The molecule has 0 saturated carbocycles. The Balaban J connectivity index is 1.97. The van der Waals surface area contributed by atoms with Crippen LogP contribution in [0.3, 0.4) is 0 Å². The Bertz CT molecular complexity index is 501. The molecule has 1 aromatic heterocycles. The van der Waals surface area contributed by atoms with Crippen LogP contribution in [0.5, 0.6) is 0 Å². The Morgan fingerprint density at radius 2 is 2.05 bits per heavy atom. The molecule has 1 aromatic rings. The lowest BCUT2D eigenvalue weighted by molar-refractivity contribution is -0.133. The highest BCUT2D eigenvalue weighted by molar-refractivity contribution is 5.97. The Kier molecular flexibility index (Phi) is 4.65. The zero-order valence-corrected chi connectivity index (χ0v) is 11.4. The molecule has 1 aliphatic rings. The summed E-state index contributed by atoms with van der Waals surface area (Å²) in [5, 5.41) is 2.52. The van der Waals surface area contributed by atoms with E-state index in [4.69, 9.17) is 0 Å². The lowest BCUT2D eigenvalue weighted by Gasteiger charge is -2.29. The predicted octanol–water partition coefficient (Wildman–Crippen LogP) is 1.35. The van der Waals surface area contributed by atoms with Gasteiger partial charge in [0.2, 0.25) is 11.9 Å². The van der Waals surface area contributed by atoms with Crippen LogP contribution in [0.1, 0.15) is 36.5 Å². The van der Waals surface area contributed by atoms with Crippen molar-refractivity contribution >= 4 is 11.8 Å². The summed E-state index contributed by atoms with van der Waals surface area (Å²) < 4.78 is 13.4. The minimum Gasteiger partial charge on any atom is -0.341 e. The van der Waals surface area contributed by atoms with Gasteiger partial charge in [-0.3, -0.25) is 9.59 Å². The molecule has 1 aliphatic heterocycles. The quantitative estimate of drug-likeness (QED) is 0.850. The number of aromatic nitrogens is 1. The van der Waals surface area contributed by atoms with Crippen LogP contribution in [0.25, 0.3) is 0 Å². The fourth-order valence-electron chi connectivity index (χ4n) is 2.28. The lowest BCUT2D eigenvalue weighted by atomic mass is 10.1. The van der Waals surface area contributed by atoms with Crippen molar-refractivity contribution in [3.05, 3.63) is 29.8 Å². The lowest BCUT2D eigenvalue weighted by Crippen LogP contribution is -2.48. The van der Waals surface area contributed by atoms with Gasteiger partial charge in [0.05, 0.1) is 5.56 Å². The molecule has 1 atom stereocenters. The molecule has 0 aliphatic carbocycles. The number of hydrogen-bond acceptors (Lipinski definition) is 3. The fourth-order valence-corrected chi connectivity index (χ4v) is 2.28. The number of piperidine rings is 1. The normalized spacial score (nSPS) is 16.6. The van der Waals surface area contributed by atoms with E-state index < -0.39 is 17.9 Å². The van der Waals surface area contributed by atoms with Crippen LogP contribution >= 0.6 is 0 Å². The average molecular weight is 279 g/mol. The van der Waals surface area contributed by atoms with E-state index >= 15 is 0 Å². The Morgan fingerprint density at radius 1 is 1.35 bits per heavy atom. The number of carbonyl (C=O) groups excluding carboxylic acids is 2. The van der Waals surface area contributed by atoms with Crippen LogP contribution < -0.4 is 5.32 Å². The fraction of sp³-hybridized carbons (Fsp3) is 0.500. The van der Waals surface area contributed by atoms with Gasteiger partial charge in [0.1, 0.15) is 6.04 Å². The van der Waals surface area contributed by atoms with Crippen LogP contribution in [-0.2, 0) is 4.79 Å². The van der Waals surface area contributed by atoms with Crippen LogP contribution in [0, 0.1) is 5.95 Å². The second kappa shape index (κ2) is 6.45. The number of rotatable bonds is 3. The molecule has 0 bridgehead atoms. The summed E-state index contributed by atoms with van der Waals surface area (Å²) in [6.45, 7) is 3.06. The first-order valence-electron chi connectivity index (χ1n) is 6.80. The third-order valence-electron chi connectivity index (χ3n) is 3.39. The van der Waals surface area contributed by atoms with Gasteiger partial charge < -0.3 is 10.2 Å². The first-order valence-corrected chi connectivity index (χ1v) is 6.80. The van der Waals surface area contributed by atoms with Gasteiger partial charge in [-0.05, 0) is 38.3 Å². The summed E-state index contributed by atoms with van der Waals surface area (Å²) in [7, 11) is 0. The molecule has 1 unspecified atom stereocenters. The van der Waals surface area contributed by atoms with E-state index in [1.807, 2.05) is 0 Å². The molecule has 1 N–H and O–H groups in total. The minimum atomic E-state index is -0.831. The smallest absolute Gasteiger partial charge is 0.256 e. The summed E-state index contributed by atoms with van der Waals surface area (Å²) in [5.74, 6) is -1.57. The van der Waals surface area contributed by atoms with Crippen molar-refractivity contribution in [2.45, 2.75) is 32.2 Å². The van der Waals surface area contributed by atoms with Crippen LogP contribution in [-0.4, -0.2) is 40.8 Å². The first-order chi connectivity index (χ1) is 9.59. The van der Waals surface area contributed by atoms with E-state index in [-0.39, 0.29) is 11.5 Å². The van der Waals surface area contributed by atoms with Crippen molar-refractivity contribution in [3.63, 3.8) is 0 Å². The van der Waals surface area contributed by atoms with Crippen molar-refractivity contribution < 1.29 is 14.0 Å². The second-order valence-corrected chi connectivity index (χ2v) is 4.92. The van der Waals surface area contributed by atoms with Gasteiger partial charge in [-0.25, -0.2) is 4.98 Å². The molecule has 5 nitrogen and oxygen atoms in total. The summed E-state index contributed by atoms with van der Waals surface area (Å²) in [5.41, 5.74) is -0.147. The maximum absolute atomic E-state index is 13.4. The number of amides is 2. The van der Waals surface area contributed by atoms with Crippen molar-refractivity contribution in [2.75, 3.05) is 13.1 Å². The molecule has 1 saturated heterocycles. The molecule has 6 heteroatoms. The van der Waals surface area contributed by atoms with Gasteiger partial charge in [0, 0.05) is 19.3 Å². The molecule has 20 heavy (non-hydrogen) atoms. The molecular weight excluding hydrogens is 261 g/mol. The Hall–Kier alpha value is -1.98. The average Bonchev–Trinajstić information content (AvgIpc) is 2.47. The van der Waals surface area contributed by atoms with E-state index in [1.165, 1.54) is 18.3 Å². The van der Waals surface area contributed by atoms with Gasteiger partial charge in [-0.2, -0.15) is 4.39 Å². The van der Waals surface area contributed by atoms with Crippen LogP contribution in [0.15, 0.2) is 18.3 Å².